The van der Waals surface area contributed by atoms with Gasteiger partial charge in [-0.25, -0.2) is 4.98 Å². The topological polar surface area (TPSA) is 55.3 Å². The van der Waals surface area contributed by atoms with Gasteiger partial charge in [-0.05, 0) is 55.7 Å². The lowest BCUT2D eigenvalue weighted by molar-refractivity contribution is -0.148. The zero-order valence-electron chi connectivity index (χ0n) is 17.0. The fourth-order valence-corrected chi connectivity index (χ4v) is 3.81. The first kappa shape index (κ1) is 21.1. The van der Waals surface area contributed by atoms with Crippen molar-refractivity contribution in [1.29, 1.82) is 0 Å². The molecule has 0 radical (unpaired) electrons. The third-order valence-corrected chi connectivity index (χ3v) is 5.50. The van der Waals surface area contributed by atoms with Gasteiger partial charge < -0.3 is 9.64 Å². The SMILES string of the molecule is CCOC(=O)C1CCN(c2ccc3cc(-c4ccc(C(F)(F)F)nc4)ccc3n2)CC1. The zero-order chi connectivity index (χ0) is 22.0. The molecule has 4 rings (SSSR count). The number of piperidine rings is 1. The molecule has 8 heteroatoms. The van der Waals surface area contributed by atoms with Crippen molar-refractivity contribution in [2.45, 2.75) is 25.9 Å². The Labute approximate surface area is 177 Å². The summed E-state index contributed by atoms with van der Waals surface area (Å²) in [6.45, 7) is 3.68. The standard InChI is InChI=1S/C23H22F3N3O2/c1-2-31-22(30)15-9-11-29(12-10-15)21-8-5-17-13-16(3-6-19(17)28-21)18-4-7-20(27-14-18)23(24,25)26/h3-8,13-15H,2,9-12H2,1H3. The number of halogens is 3. The van der Waals surface area contributed by atoms with Gasteiger partial charge in [0.2, 0.25) is 0 Å². The quantitative estimate of drug-likeness (QED) is 0.541. The number of ether oxygens (including phenoxy) is 1. The Bertz CT molecular complexity index is 1080. The molecular formula is C23H22F3N3O2. The Morgan fingerprint density at radius 3 is 2.48 bits per heavy atom. The number of alkyl halides is 3. The van der Waals surface area contributed by atoms with Crippen LogP contribution in [-0.4, -0.2) is 35.6 Å². The van der Waals surface area contributed by atoms with Crippen LogP contribution in [-0.2, 0) is 15.7 Å². The minimum atomic E-state index is -4.45. The second kappa shape index (κ2) is 8.53. The van der Waals surface area contributed by atoms with E-state index in [2.05, 4.69) is 9.88 Å². The summed E-state index contributed by atoms with van der Waals surface area (Å²) in [5.74, 6) is 0.661. The smallest absolute Gasteiger partial charge is 0.433 e. The average Bonchev–Trinajstić information content (AvgIpc) is 2.78. The molecule has 0 spiro atoms. The second-order valence-electron chi connectivity index (χ2n) is 7.52. The van der Waals surface area contributed by atoms with Crippen molar-refractivity contribution in [3.8, 4) is 11.1 Å². The molecule has 31 heavy (non-hydrogen) atoms. The number of esters is 1. The van der Waals surface area contributed by atoms with Crippen molar-refractivity contribution < 1.29 is 22.7 Å². The van der Waals surface area contributed by atoms with Crippen LogP contribution in [0.15, 0.2) is 48.7 Å². The Kier molecular flexibility index (Phi) is 5.80. The molecule has 1 aliphatic rings. The fourth-order valence-electron chi connectivity index (χ4n) is 3.81. The molecule has 0 atom stereocenters. The summed E-state index contributed by atoms with van der Waals surface area (Å²) in [6, 6.07) is 11.9. The summed E-state index contributed by atoms with van der Waals surface area (Å²) in [6.07, 6.45) is -1.75. The largest absolute Gasteiger partial charge is 0.466 e. The molecule has 0 bridgehead atoms. The van der Waals surface area contributed by atoms with E-state index < -0.39 is 11.9 Å². The summed E-state index contributed by atoms with van der Waals surface area (Å²) in [5, 5.41) is 0.891. The molecule has 2 aromatic heterocycles. The number of carbonyl (C=O) groups is 1. The Balaban J connectivity index is 1.49. The zero-order valence-corrected chi connectivity index (χ0v) is 17.0. The van der Waals surface area contributed by atoms with Crippen molar-refractivity contribution in [3.05, 3.63) is 54.4 Å². The predicted molar refractivity (Wildman–Crippen MR) is 112 cm³/mol. The van der Waals surface area contributed by atoms with Gasteiger partial charge in [-0.1, -0.05) is 12.1 Å². The van der Waals surface area contributed by atoms with E-state index in [1.165, 1.54) is 12.3 Å². The molecule has 1 saturated heterocycles. The van der Waals surface area contributed by atoms with Gasteiger partial charge in [0.05, 0.1) is 18.0 Å². The summed E-state index contributed by atoms with van der Waals surface area (Å²) < 4.78 is 43.3. The number of anilines is 1. The molecule has 1 aromatic carbocycles. The minimum Gasteiger partial charge on any atom is -0.466 e. The normalized spacial score (nSPS) is 15.3. The first-order valence-corrected chi connectivity index (χ1v) is 10.2. The van der Waals surface area contributed by atoms with E-state index in [4.69, 9.17) is 9.72 Å². The van der Waals surface area contributed by atoms with E-state index in [1.807, 2.05) is 37.3 Å². The van der Waals surface area contributed by atoms with Crippen LogP contribution >= 0.6 is 0 Å². The molecule has 0 N–H and O–H groups in total. The molecular weight excluding hydrogens is 407 g/mol. The van der Waals surface area contributed by atoms with E-state index in [0.717, 1.165) is 54.3 Å². The Morgan fingerprint density at radius 2 is 1.84 bits per heavy atom. The molecule has 0 saturated carbocycles. The summed E-state index contributed by atoms with van der Waals surface area (Å²) >= 11 is 0. The van der Waals surface area contributed by atoms with Crippen LogP contribution in [0.5, 0.6) is 0 Å². The number of fused-ring (bicyclic) bond motifs is 1. The number of rotatable bonds is 4. The van der Waals surface area contributed by atoms with E-state index in [0.29, 0.717) is 12.2 Å². The van der Waals surface area contributed by atoms with Crippen LogP contribution < -0.4 is 4.90 Å². The van der Waals surface area contributed by atoms with Crippen LogP contribution in [0.3, 0.4) is 0 Å². The van der Waals surface area contributed by atoms with Gasteiger partial charge in [0.15, 0.2) is 0 Å². The highest BCUT2D eigenvalue weighted by atomic mass is 19.4. The van der Waals surface area contributed by atoms with Crippen LogP contribution in [0.1, 0.15) is 25.5 Å². The molecule has 3 aromatic rings. The van der Waals surface area contributed by atoms with Gasteiger partial charge >= 0.3 is 12.1 Å². The maximum Gasteiger partial charge on any atom is 0.433 e. The molecule has 0 unspecified atom stereocenters. The highest BCUT2D eigenvalue weighted by Crippen LogP contribution is 2.30. The summed E-state index contributed by atoms with van der Waals surface area (Å²) in [4.78, 5) is 22.3. The minimum absolute atomic E-state index is 0.0587. The van der Waals surface area contributed by atoms with Crippen LogP contribution in [0.2, 0.25) is 0 Å². The number of hydrogen-bond acceptors (Lipinski definition) is 5. The van der Waals surface area contributed by atoms with Crippen molar-refractivity contribution >= 4 is 22.7 Å². The van der Waals surface area contributed by atoms with Gasteiger partial charge in [-0.3, -0.25) is 9.78 Å². The van der Waals surface area contributed by atoms with Gasteiger partial charge in [0.1, 0.15) is 11.5 Å². The van der Waals surface area contributed by atoms with Crippen LogP contribution in [0, 0.1) is 5.92 Å². The van der Waals surface area contributed by atoms with Gasteiger partial charge in [0, 0.05) is 30.2 Å². The molecule has 1 aliphatic heterocycles. The van der Waals surface area contributed by atoms with Crippen molar-refractivity contribution in [2.75, 3.05) is 24.6 Å². The van der Waals surface area contributed by atoms with E-state index in [9.17, 15) is 18.0 Å². The number of nitrogens with zero attached hydrogens (tertiary/aromatic N) is 3. The molecule has 0 amide bonds. The average molecular weight is 429 g/mol. The first-order chi connectivity index (χ1) is 14.8. The monoisotopic (exact) mass is 429 g/mol. The van der Waals surface area contributed by atoms with Gasteiger partial charge in [-0.15, -0.1) is 0 Å². The second-order valence-corrected chi connectivity index (χ2v) is 7.52. The predicted octanol–water partition coefficient (Wildman–Crippen LogP) is 5.10. The molecule has 1 fully saturated rings. The highest BCUT2D eigenvalue weighted by molar-refractivity contribution is 5.85. The fraction of sp³-hybridized carbons (Fsp3) is 0.348. The Hall–Kier alpha value is -3.16. The van der Waals surface area contributed by atoms with E-state index in [1.54, 1.807) is 0 Å². The van der Waals surface area contributed by atoms with Crippen molar-refractivity contribution in [2.24, 2.45) is 5.92 Å². The Morgan fingerprint density at radius 1 is 1.10 bits per heavy atom. The summed E-state index contributed by atoms with van der Waals surface area (Å²) in [7, 11) is 0. The summed E-state index contributed by atoms with van der Waals surface area (Å²) in [5.41, 5.74) is 1.28. The molecule has 3 heterocycles. The maximum absolute atomic E-state index is 12.7. The number of hydrogen-bond donors (Lipinski definition) is 0. The van der Waals surface area contributed by atoms with E-state index in [-0.39, 0.29) is 11.9 Å². The number of aromatic nitrogens is 2. The molecule has 5 nitrogen and oxygen atoms in total. The first-order valence-electron chi connectivity index (χ1n) is 10.2. The number of benzene rings is 1. The molecule has 162 valence electrons. The van der Waals surface area contributed by atoms with Crippen molar-refractivity contribution in [3.63, 3.8) is 0 Å². The lowest BCUT2D eigenvalue weighted by Gasteiger charge is -2.31. The number of carbonyl (C=O) groups excluding carboxylic acids is 1. The highest BCUT2D eigenvalue weighted by Gasteiger charge is 2.32. The van der Waals surface area contributed by atoms with Gasteiger partial charge in [0.25, 0.3) is 0 Å². The van der Waals surface area contributed by atoms with Gasteiger partial charge in [-0.2, -0.15) is 13.2 Å². The lowest BCUT2D eigenvalue weighted by Crippen LogP contribution is -2.37. The number of pyridine rings is 2. The molecule has 0 aliphatic carbocycles. The van der Waals surface area contributed by atoms with Crippen LogP contribution in [0.4, 0.5) is 19.0 Å². The van der Waals surface area contributed by atoms with Crippen LogP contribution in [0.25, 0.3) is 22.0 Å². The third-order valence-electron chi connectivity index (χ3n) is 5.50. The van der Waals surface area contributed by atoms with Crippen molar-refractivity contribution in [1.82, 2.24) is 9.97 Å². The maximum atomic E-state index is 12.7. The lowest BCUT2D eigenvalue weighted by atomic mass is 9.97. The third kappa shape index (κ3) is 4.62. The van der Waals surface area contributed by atoms with E-state index >= 15 is 0 Å².